The van der Waals surface area contributed by atoms with E-state index in [1.165, 1.54) is 0 Å². The van der Waals surface area contributed by atoms with Gasteiger partial charge in [0.15, 0.2) is 9.84 Å². The molecule has 18 heavy (non-hydrogen) atoms. The van der Waals surface area contributed by atoms with E-state index in [0.29, 0.717) is 18.1 Å². The zero-order chi connectivity index (χ0) is 13.2. The van der Waals surface area contributed by atoms with E-state index in [-0.39, 0.29) is 16.1 Å². The fourth-order valence-corrected chi connectivity index (χ4v) is 5.25. The lowest BCUT2D eigenvalue weighted by atomic mass is 10.1. The minimum Gasteiger partial charge on any atom is -0.384 e. The van der Waals surface area contributed by atoms with Gasteiger partial charge in [0.05, 0.1) is 21.8 Å². The standard InChI is InChI=1S/C13H17ClO3S/c1-17-9-10-5-4-8-12(10)18(15,16)13-7-3-2-6-11(13)14/h2-3,6-7,10,12H,4-5,8-9H2,1H3/t10-,12+/m1/s1. The predicted molar refractivity (Wildman–Crippen MR) is 71.6 cm³/mol. The van der Waals surface area contributed by atoms with E-state index in [4.69, 9.17) is 16.3 Å². The van der Waals surface area contributed by atoms with E-state index in [2.05, 4.69) is 0 Å². The molecule has 0 amide bonds. The van der Waals surface area contributed by atoms with Gasteiger partial charge in [0.25, 0.3) is 0 Å². The Morgan fingerprint density at radius 3 is 2.72 bits per heavy atom. The first kappa shape index (κ1) is 13.8. The molecule has 1 aromatic carbocycles. The number of hydrogen-bond acceptors (Lipinski definition) is 3. The van der Waals surface area contributed by atoms with Gasteiger partial charge >= 0.3 is 0 Å². The molecule has 0 aromatic heterocycles. The van der Waals surface area contributed by atoms with Crippen LogP contribution in [0.2, 0.25) is 5.02 Å². The van der Waals surface area contributed by atoms with Gasteiger partial charge < -0.3 is 4.74 Å². The number of benzene rings is 1. The van der Waals surface area contributed by atoms with Crippen molar-refractivity contribution in [2.45, 2.75) is 29.4 Å². The molecule has 5 heteroatoms. The van der Waals surface area contributed by atoms with E-state index in [1.54, 1.807) is 31.4 Å². The fraction of sp³-hybridized carbons (Fsp3) is 0.538. The van der Waals surface area contributed by atoms with Crippen molar-refractivity contribution in [3.8, 4) is 0 Å². The SMILES string of the molecule is COC[C@H]1CCC[C@@H]1S(=O)(=O)c1ccccc1Cl. The molecule has 0 spiro atoms. The van der Waals surface area contributed by atoms with Crippen LogP contribution in [0.4, 0.5) is 0 Å². The Kier molecular flexibility index (Phi) is 4.30. The van der Waals surface area contributed by atoms with Crippen LogP contribution in [0, 0.1) is 5.92 Å². The summed E-state index contributed by atoms with van der Waals surface area (Å²) in [6.45, 7) is 0.494. The second-order valence-corrected chi connectivity index (χ2v) is 7.20. The first-order valence-electron chi connectivity index (χ1n) is 6.04. The summed E-state index contributed by atoms with van der Waals surface area (Å²) in [5.74, 6) is 0.0799. The zero-order valence-corrected chi connectivity index (χ0v) is 11.9. The van der Waals surface area contributed by atoms with Crippen LogP contribution in [0.5, 0.6) is 0 Å². The van der Waals surface area contributed by atoms with Gasteiger partial charge in [0.1, 0.15) is 0 Å². The largest absolute Gasteiger partial charge is 0.384 e. The molecule has 2 atom stereocenters. The smallest absolute Gasteiger partial charge is 0.183 e. The van der Waals surface area contributed by atoms with Crippen LogP contribution in [0.25, 0.3) is 0 Å². The third kappa shape index (κ3) is 2.56. The van der Waals surface area contributed by atoms with Crippen LogP contribution >= 0.6 is 11.6 Å². The first-order valence-corrected chi connectivity index (χ1v) is 7.97. The normalized spacial score (nSPS) is 24.3. The Morgan fingerprint density at radius 2 is 2.06 bits per heavy atom. The Hall–Kier alpha value is -0.580. The Labute approximate surface area is 113 Å². The Morgan fingerprint density at radius 1 is 1.33 bits per heavy atom. The molecule has 1 aliphatic rings. The molecule has 1 saturated carbocycles. The number of methoxy groups -OCH3 is 1. The lowest BCUT2D eigenvalue weighted by Gasteiger charge is -2.19. The lowest BCUT2D eigenvalue weighted by molar-refractivity contribution is 0.156. The van der Waals surface area contributed by atoms with Crippen molar-refractivity contribution in [3.63, 3.8) is 0 Å². The van der Waals surface area contributed by atoms with Crippen LogP contribution in [-0.4, -0.2) is 27.4 Å². The van der Waals surface area contributed by atoms with E-state index in [0.717, 1.165) is 12.8 Å². The molecular weight excluding hydrogens is 272 g/mol. The van der Waals surface area contributed by atoms with E-state index in [1.807, 2.05) is 0 Å². The first-order chi connectivity index (χ1) is 8.57. The average Bonchev–Trinajstić information content (AvgIpc) is 2.79. The van der Waals surface area contributed by atoms with Crippen molar-refractivity contribution in [1.82, 2.24) is 0 Å². The highest BCUT2D eigenvalue weighted by atomic mass is 35.5. The summed E-state index contributed by atoms with van der Waals surface area (Å²) in [7, 11) is -1.74. The molecule has 100 valence electrons. The minimum atomic E-state index is -3.35. The number of halogens is 1. The molecule has 0 bridgehead atoms. The van der Waals surface area contributed by atoms with Gasteiger partial charge in [-0.25, -0.2) is 8.42 Å². The molecule has 1 aliphatic carbocycles. The molecule has 0 aliphatic heterocycles. The molecule has 1 fully saturated rings. The lowest BCUT2D eigenvalue weighted by Crippen LogP contribution is -2.28. The molecule has 1 aromatic rings. The van der Waals surface area contributed by atoms with Crippen LogP contribution in [-0.2, 0) is 14.6 Å². The molecule has 0 unspecified atom stereocenters. The summed E-state index contributed by atoms with van der Waals surface area (Å²) in [4.78, 5) is 0.250. The second-order valence-electron chi connectivity index (χ2n) is 4.66. The summed E-state index contributed by atoms with van der Waals surface area (Å²) in [6.07, 6.45) is 2.53. The minimum absolute atomic E-state index is 0.0799. The highest BCUT2D eigenvalue weighted by molar-refractivity contribution is 7.92. The van der Waals surface area contributed by atoms with Crippen molar-refractivity contribution in [3.05, 3.63) is 29.3 Å². The quantitative estimate of drug-likeness (QED) is 0.855. The van der Waals surface area contributed by atoms with E-state index >= 15 is 0 Å². The van der Waals surface area contributed by atoms with Crippen molar-refractivity contribution in [2.24, 2.45) is 5.92 Å². The number of ether oxygens (including phenoxy) is 1. The molecule has 2 rings (SSSR count). The van der Waals surface area contributed by atoms with Crippen molar-refractivity contribution in [2.75, 3.05) is 13.7 Å². The van der Waals surface area contributed by atoms with Gasteiger partial charge in [-0.1, -0.05) is 30.2 Å². The highest BCUT2D eigenvalue weighted by Gasteiger charge is 2.38. The predicted octanol–water partition coefficient (Wildman–Crippen LogP) is 2.93. The molecule has 0 N–H and O–H groups in total. The summed E-state index contributed by atoms with van der Waals surface area (Å²) in [6, 6.07) is 6.65. The van der Waals surface area contributed by atoms with Gasteiger partial charge in [-0.05, 0) is 30.9 Å². The Balaban J connectivity index is 2.34. The van der Waals surface area contributed by atoms with Crippen LogP contribution in [0.15, 0.2) is 29.2 Å². The van der Waals surface area contributed by atoms with Crippen LogP contribution in [0.1, 0.15) is 19.3 Å². The zero-order valence-electron chi connectivity index (χ0n) is 10.3. The summed E-state index contributed by atoms with van der Waals surface area (Å²) in [5, 5.41) is -0.0575. The van der Waals surface area contributed by atoms with Gasteiger partial charge in [-0.15, -0.1) is 0 Å². The number of sulfone groups is 1. The molecular formula is C13H17ClO3S. The van der Waals surface area contributed by atoms with Crippen LogP contribution < -0.4 is 0 Å². The number of hydrogen-bond donors (Lipinski definition) is 0. The second kappa shape index (κ2) is 5.59. The van der Waals surface area contributed by atoms with Gasteiger partial charge in [-0.2, -0.15) is 0 Å². The summed E-state index contributed by atoms with van der Waals surface area (Å²) in [5.41, 5.74) is 0. The van der Waals surface area contributed by atoms with Gasteiger partial charge in [-0.3, -0.25) is 0 Å². The molecule has 0 saturated heterocycles. The third-order valence-electron chi connectivity index (χ3n) is 3.51. The summed E-state index contributed by atoms with van der Waals surface area (Å²) < 4.78 is 30.3. The van der Waals surface area contributed by atoms with Crippen LogP contribution in [0.3, 0.4) is 0 Å². The summed E-state index contributed by atoms with van der Waals surface area (Å²) >= 11 is 6.00. The van der Waals surface area contributed by atoms with E-state index in [9.17, 15) is 8.42 Å². The Bertz CT molecular complexity index is 513. The maximum atomic E-state index is 12.6. The van der Waals surface area contributed by atoms with E-state index < -0.39 is 9.84 Å². The monoisotopic (exact) mass is 288 g/mol. The molecule has 3 nitrogen and oxygen atoms in total. The van der Waals surface area contributed by atoms with Gasteiger partial charge in [0.2, 0.25) is 0 Å². The average molecular weight is 289 g/mol. The van der Waals surface area contributed by atoms with Crippen molar-refractivity contribution < 1.29 is 13.2 Å². The maximum absolute atomic E-state index is 12.6. The topological polar surface area (TPSA) is 43.4 Å². The number of rotatable bonds is 4. The van der Waals surface area contributed by atoms with Crippen molar-refractivity contribution in [1.29, 1.82) is 0 Å². The van der Waals surface area contributed by atoms with Crippen molar-refractivity contribution >= 4 is 21.4 Å². The maximum Gasteiger partial charge on any atom is 0.183 e. The fourth-order valence-electron chi connectivity index (χ4n) is 2.65. The van der Waals surface area contributed by atoms with Gasteiger partial charge in [0, 0.05) is 7.11 Å². The molecule has 0 heterocycles. The highest BCUT2D eigenvalue weighted by Crippen LogP contribution is 2.36. The third-order valence-corrected chi connectivity index (χ3v) is 6.34. The molecule has 0 radical (unpaired) electrons.